The number of H-pyrrole nitrogens is 2. The van der Waals surface area contributed by atoms with E-state index in [-0.39, 0.29) is 0 Å². The zero-order valence-corrected chi connectivity index (χ0v) is 19.3. The molecule has 3 N–H and O–H groups in total. The van der Waals surface area contributed by atoms with Gasteiger partial charge in [0.2, 0.25) is 0 Å². The molecule has 5 heteroatoms. The summed E-state index contributed by atoms with van der Waals surface area (Å²) < 4.78 is 0. The number of aromatic nitrogens is 3. The summed E-state index contributed by atoms with van der Waals surface area (Å²) in [6.07, 6.45) is 7.40. The number of phenolic OH excluding ortho intramolecular Hbond substituents is 1. The molecule has 3 aromatic heterocycles. The van der Waals surface area contributed by atoms with E-state index in [1.807, 2.05) is 18.3 Å². The molecule has 1 fully saturated rings. The second-order valence-corrected chi connectivity index (χ2v) is 9.93. The largest absolute Gasteiger partial charge is 0.508 e. The number of piperidine rings is 1. The van der Waals surface area contributed by atoms with Gasteiger partial charge in [0, 0.05) is 64.6 Å². The Morgan fingerprint density at radius 2 is 1.91 bits per heavy atom. The molecule has 0 bridgehead atoms. The van der Waals surface area contributed by atoms with Crippen molar-refractivity contribution < 1.29 is 5.11 Å². The zero-order valence-electron chi connectivity index (χ0n) is 19.3. The quantitative estimate of drug-likeness (QED) is 0.297. The van der Waals surface area contributed by atoms with Gasteiger partial charge in [-0.3, -0.25) is 9.88 Å². The lowest BCUT2D eigenvalue weighted by Crippen LogP contribution is -2.47. The first-order chi connectivity index (χ1) is 16.7. The number of rotatable bonds is 2. The van der Waals surface area contributed by atoms with Crippen molar-refractivity contribution in [2.24, 2.45) is 5.92 Å². The topological polar surface area (TPSA) is 67.9 Å². The van der Waals surface area contributed by atoms with E-state index in [1.165, 1.54) is 27.7 Å². The lowest BCUT2D eigenvalue weighted by molar-refractivity contribution is 0.129. The van der Waals surface area contributed by atoms with Crippen LogP contribution in [0.5, 0.6) is 5.75 Å². The van der Waals surface area contributed by atoms with Crippen molar-refractivity contribution in [2.45, 2.75) is 38.8 Å². The van der Waals surface area contributed by atoms with Gasteiger partial charge in [0.1, 0.15) is 5.75 Å². The van der Waals surface area contributed by atoms with E-state index in [9.17, 15) is 5.11 Å². The van der Waals surface area contributed by atoms with Crippen molar-refractivity contribution in [3.63, 3.8) is 0 Å². The lowest BCUT2D eigenvalue weighted by Gasteiger charge is -2.44. The number of para-hydroxylation sites is 1. The number of hydrogen-bond acceptors (Lipinski definition) is 3. The molecule has 2 aromatic carbocycles. The van der Waals surface area contributed by atoms with Gasteiger partial charge in [-0.05, 0) is 61.6 Å². The normalized spacial score (nSPS) is 22.0. The molecule has 34 heavy (non-hydrogen) atoms. The van der Waals surface area contributed by atoms with Crippen LogP contribution in [0.1, 0.15) is 30.3 Å². The van der Waals surface area contributed by atoms with E-state index in [0.29, 0.717) is 17.7 Å². The van der Waals surface area contributed by atoms with Crippen LogP contribution in [0.4, 0.5) is 0 Å². The number of fused-ring (bicyclic) bond motifs is 7. The van der Waals surface area contributed by atoms with Crippen molar-refractivity contribution in [3.05, 3.63) is 83.3 Å². The summed E-state index contributed by atoms with van der Waals surface area (Å²) in [7, 11) is 0. The van der Waals surface area contributed by atoms with Crippen LogP contribution in [0.15, 0.2) is 66.4 Å². The number of aromatic amines is 2. The Morgan fingerprint density at radius 1 is 1.03 bits per heavy atom. The Morgan fingerprint density at radius 3 is 2.82 bits per heavy atom. The molecule has 2 aliphatic rings. The lowest BCUT2D eigenvalue weighted by atomic mass is 9.79. The standard InChI is InChI=1S/C29H28N4O/c1-2-17-15-33-16-24-21-5-3-4-6-25(21)31-27(24)13-19(33)11-18(17)12-28-29-22(9-10-30-28)23-14-20(34)7-8-26(23)32-29/h2-10,14,18-19,31-32,34H,11-13,15-16H2,1H3/b17-2-/t18-,19+/m1/s1. The minimum atomic E-state index is 0.295. The molecule has 5 nitrogen and oxygen atoms in total. The molecule has 5 aromatic rings. The third-order valence-corrected chi connectivity index (χ3v) is 8.08. The summed E-state index contributed by atoms with van der Waals surface area (Å²) in [6, 6.07) is 16.8. The minimum Gasteiger partial charge on any atom is -0.508 e. The van der Waals surface area contributed by atoms with Gasteiger partial charge in [-0.1, -0.05) is 29.8 Å². The molecule has 5 heterocycles. The number of phenols is 1. The number of hydrogen-bond donors (Lipinski definition) is 3. The van der Waals surface area contributed by atoms with E-state index in [4.69, 9.17) is 4.98 Å². The molecular formula is C29H28N4O. The van der Waals surface area contributed by atoms with Gasteiger partial charge in [-0.2, -0.15) is 0 Å². The van der Waals surface area contributed by atoms with Gasteiger partial charge in [-0.25, -0.2) is 0 Å². The molecule has 0 saturated carbocycles. The summed E-state index contributed by atoms with van der Waals surface area (Å²) in [4.78, 5) is 14.8. The van der Waals surface area contributed by atoms with Crippen LogP contribution >= 0.6 is 0 Å². The van der Waals surface area contributed by atoms with Crippen LogP contribution in [0.3, 0.4) is 0 Å². The highest BCUT2D eigenvalue weighted by Gasteiger charge is 2.36. The first kappa shape index (κ1) is 19.9. The Hall–Kier alpha value is -3.57. The van der Waals surface area contributed by atoms with Crippen LogP contribution in [-0.2, 0) is 19.4 Å². The molecule has 0 amide bonds. The summed E-state index contributed by atoms with van der Waals surface area (Å²) >= 11 is 0. The monoisotopic (exact) mass is 448 g/mol. The fourth-order valence-electron chi connectivity index (χ4n) is 6.37. The van der Waals surface area contributed by atoms with Crippen molar-refractivity contribution in [1.29, 1.82) is 0 Å². The van der Waals surface area contributed by atoms with Gasteiger partial charge < -0.3 is 15.1 Å². The second kappa shape index (κ2) is 7.47. The van der Waals surface area contributed by atoms with Gasteiger partial charge in [0.25, 0.3) is 0 Å². The molecule has 1 saturated heterocycles. The molecule has 7 rings (SSSR count). The third kappa shape index (κ3) is 3.00. The van der Waals surface area contributed by atoms with Crippen molar-refractivity contribution in [2.75, 3.05) is 6.54 Å². The van der Waals surface area contributed by atoms with Crippen LogP contribution in [0.25, 0.3) is 32.7 Å². The number of pyridine rings is 1. The molecule has 0 unspecified atom stereocenters. The minimum absolute atomic E-state index is 0.295. The fraction of sp³-hybridized carbons (Fsp3) is 0.276. The van der Waals surface area contributed by atoms with Gasteiger partial charge >= 0.3 is 0 Å². The second-order valence-electron chi connectivity index (χ2n) is 9.93. The van der Waals surface area contributed by atoms with E-state index in [2.05, 4.69) is 58.2 Å². The molecule has 0 aliphatic carbocycles. The predicted molar refractivity (Wildman–Crippen MR) is 137 cm³/mol. The van der Waals surface area contributed by atoms with Crippen molar-refractivity contribution in [1.82, 2.24) is 19.9 Å². The van der Waals surface area contributed by atoms with Gasteiger partial charge in [0.05, 0.1) is 11.2 Å². The Labute approximate surface area is 198 Å². The smallest absolute Gasteiger partial charge is 0.116 e. The number of nitrogens with zero attached hydrogens (tertiary/aromatic N) is 2. The molecule has 170 valence electrons. The highest BCUT2D eigenvalue weighted by Crippen LogP contribution is 2.39. The first-order valence-electron chi connectivity index (χ1n) is 12.2. The first-order valence-corrected chi connectivity index (χ1v) is 12.2. The highest BCUT2D eigenvalue weighted by atomic mass is 16.3. The number of nitrogens with one attached hydrogen (secondary N) is 2. The van der Waals surface area contributed by atoms with E-state index < -0.39 is 0 Å². The molecule has 2 aliphatic heterocycles. The third-order valence-electron chi connectivity index (χ3n) is 8.08. The average molecular weight is 449 g/mol. The van der Waals surface area contributed by atoms with E-state index >= 15 is 0 Å². The summed E-state index contributed by atoms with van der Waals surface area (Å²) in [5.74, 6) is 0.777. The summed E-state index contributed by atoms with van der Waals surface area (Å²) in [5, 5.41) is 13.6. The highest BCUT2D eigenvalue weighted by molar-refractivity contribution is 6.08. The Balaban J connectivity index is 1.22. The number of allylic oxidation sites excluding steroid dienone is 1. The molecular weight excluding hydrogens is 420 g/mol. The predicted octanol–water partition coefficient (Wildman–Crippen LogP) is 5.84. The fourth-order valence-corrected chi connectivity index (χ4v) is 6.37. The number of aromatic hydroxyl groups is 1. The molecule has 0 radical (unpaired) electrons. The van der Waals surface area contributed by atoms with Crippen LogP contribution in [-0.4, -0.2) is 37.5 Å². The van der Waals surface area contributed by atoms with E-state index in [0.717, 1.165) is 59.9 Å². The zero-order chi connectivity index (χ0) is 22.8. The maximum absolute atomic E-state index is 9.99. The SMILES string of the molecule is C/C=C1/CN2Cc3c([nH]c4ccccc34)C[C@@H]2C[C@@H]1Cc1nccc2c1[nH]c1ccc(O)cc12. The van der Waals surface area contributed by atoms with Crippen LogP contribution < -0.4 is 0 Å². The van der Waals surface area contributed by atoms with Gasteiger partial charge in [-0.15, -0.1) is 0 Å². The van der Waals surface area contributed by atoms with Crippen LogP contribution in [0.2, 0.25) is 0 Å². The Kier molecular flexibility index (Phi) is 4.36. The maximum Gasteiger partial charge on any atom is 0.116 e. The summed E-state index contributed by atoms with van der Waals surface area (Å²) in [6.45, 7) is 4.23. The summed E-state index contributed by atoms with van der Waals surface area (Å²) in [5.41, 5.74) is 8.94. The Bertz CT molecular complexity index is 1590. The van der Waals surface area contributed by atoms with Crippen molar-refractivity contribution >= 4 is 32.7 Å². The molecule has 2 atom stereocenters. The van der Waals surface area contributed by atoms with Gasteiger partial charge in [0.15, 0.2) is 0 Å². The van der Waals surface area contributed by atoms with Crippen LogP contribution in [0, 0.1) is 5.92 Å². The number of benzene rings is 2. The van der Waals surface area contributed by atoms with E-state index in [1.54, 1.807) is 6.07 Å². The van der Waals surface area contributed by atoms with Crippen molar-refractivity contribution in [3.8, 4) is 5.75 Å². The average Bonchev–Trinajstić information content (AvgIpc) is 3.40. The maximum atomic E-state index is 9.99. The molecule has 0 spiro atoms.